The number of rotatable bonds is 3. The molecule has 0 amide bonds. The summed E-state index contributed by atoms with van der Waals surface area (Å²) in [5.41, 5.74) is 1.12. The lowest BCUT2D eigenvalue weighted by molar-refractivity contribution is -0.132. The molecule has 0 bridgehead atoms. The van der Waals surface area contributed by atoms with Crippen LogP contribution >= 0.6 is 0 Å². The van der Waals surface area contributed by atoms with Crippen LogP contribution in [0.3, 0.4) is 0 Å². The molecule has 0 fully saturated rings. The molecule has 0 N–H and O–H groups in total. The van der Waals surface area contributed by atoms with Crippen LogP contribution in [0.4, 0.5) is 0 Å². The average molecular weight is 338 g/mol. The number of carbonyl (C=O) groups is 2. The van der Waals surface area contributed by atoms with Gasteiger partial charge in [-0.2, -0.15) is 0 Å². The summed E-state index contributed by atoms with van der Waals surface area (Å²) < 4.78 is 15.5. The van der Waals surface area contributed by atoms with Gasteiger partial charge in [0.25, 0.3) is 0 Å². The first kappa shape index (κ1) is 16.4. The van der Waals surface area contributed by atoms with E-state index in [9.17, 15) is 14.4 Å². The fourth-order valence-electron chi connectivity index (χ4n) is 2.41. The third kappa shape index (κ3) is 3.58. The predicted molar refractivity (Wildman–Crippen MR) is 90.5 cm³/mol. The monoisotopic (exact) mass is 338 g/mol. The molecule has 126 valence electrons. The molecule has 3 aromatic rings. The van der Waals surface area contributed by atoms with Crippen LogP contribution in [0.2, 0.25) is 0 Å². The lowest BCUT2D eigenvalue weighted by atomic mass is 10.1. The minimum Gasteiger partial charge on any atom is -0.463 e. The van der Waals surface area contributed by atoms with Gasteiger partial charge in [0.2, 0.25) is 0 Å². The Hall–Kier alpha value is -3.41. The summed E-state index contributed by atoms with van der Waals surface area (Å²) in [5.74, 6) is -0.165. The molecular weight excluding hydrogens is 324 g/mol. The smallest absolute Gasteiger partial charge is 0.308 e. The highest BCUT2D eigenvalue weighted by Gasteiger charge is 2.11. The van der Waals surface area contributed by atoms with E-state index in [0.29, 0.717) is 33.6 Å². The van der Waals surface area contributed by atoms with Crippen molar-refractivity contribution in [1.82, 2.24) is 0 Å². The second kappa shape index (κ2) is 6.60. The van der Waals surface area contributed by atoms with Crippen LogP contribution in [0.1, 0.15) is 13.8 Å². The first-order valence-electron chi connectivity index (χ1n) is 7.47. The zero-order valence-corrected chi connectivity index (χ0v) is 13.6. The molecule has 25 heavy (non-hydrogen) atoms. The normalized spacial score (nSPS) is 10.5. The zero-order valence-electron chi connectivity index (χ0n) is 13.6. The van der Waals surface area contributed by atoms with Crippen LogP contribution in [0.25, 0.3) is 22.1 Å². The van der Waals surface area contributed by atoms with E-state index in [2.05, 4.69) is 0 Å². The Labute approximate surface area is 142 Å². The highest BCUT2D eigenvalue weighted by molar-refractivity contribution is 5.83. The first-order chi connectivity index (χ1) is 11.9. The molecule has 0 atom stereocenters. The Morgan fingerprint density at radius 2 is 1.48 bits per heavy atom. The van der Waals surface area contributed by atoms with Gasteiger partial charge < -0.3 is 13.9 Å². The van der Waals surface area contributed by atoms with E-state index in [0.717, 1.165) is 0 Å². The Balaban J connectivity index is 2.00. The van der Waals surface area contributed by atoms with Crippen LogP contribution < -0.4 is 14.9 Å². The topological polar surface area (TPSA) is 82.8 Å². The van der Waals surface area contributed by atoms with Crippen molar-refractivity contribution < 1.29 is 23.5 Å². The van der Waals surface area contributed by atoms with Crippen molar-refractivity contribution in [2.24, 2.45) is 0 Å². The number of ether oxygens (including phenoxy) is 2. The molecule has 0 spiro atoms. The van der Waals surface area contributed by atoms with E-state index in [-0.39, 0.29) is 5.43 Å². The molecule has 0 radical (unpaired) electrons. The molecule has 1 aromatic heterocycles. The van der Waals surface area contributed by atoms with Gasteiger partial charge in [-0.3, -0.25) is 14.4 Å². The van der Waals surface area contributed by atoms with Crippen LogP contribution in [0.5, 0.6) is 11.5 Å². The van der Waals surface area contributed by atoms with Gasteiger partial charge in [0, 0.05) is 19.9 Å². The summed E-state index contributed by atoms with van der Waals surface area (Å²) in [4.78, 5) is 34.6. The molecule has 0 saturated carbocycles. The van der Waals surface area contributed by atoms with Crippen molar-refractivity contribution in [2.45, 2.75) is 13.8 Å². The summed E-state index contributed by atoms with van der Waals surface area (Å²) >= 11 is 0. The van der Waals surface area contributed by atoms with E-state index in [1.165, 1.54) is 32.2 Å². The summed E-state index contributed by atoms with van der Waals surface area (Å²) in [6, 6.07) is 11.1. The van der Waals surface area contributed by atoms with Gasteiger partial charge in [-0.1, -0.05) is 12.1 Å². The van der Waals surface area contributed by atoms with E-state index < -0.39 is 11.9 Å². The van der Waals surface area contributed by atoms with E-state index in [1.54, 1.807) is 30.3 Å². The largest absolute Gasteiger partial charge is 0.463 e. The molecule has 1 heterocycles. The number of carbonyl (C=O) groups excluding carboxylic acids is 2. The molecule has 6 heteroatoms. The predicted octanol–water partition coefficient (Wildman–Crippen LogP) is 3.31. The van der Waals surface area contributed by atoms with Crippen LogP contribution in [0.15, 0.2) is 57.9 Å². The van der Waals surface area contributed by atoms with Crippen LogP contribution in [0, 0.1) is 0 Å². The third-order valence-electron chi connectivity index (χ3n) is 3.43. The summed E-state index contributed by atoms with van der Waals surface area (Å²) in [7, 11) is 0. The maximum Gasteiger partial charge on any atom is 0.308 e. The third-order valence-corrected chi connectivity index (χ3v) is 3.43. The maximum atomic E-state index is 12.7. The first-order valence-corrected chi connectivity index (χ1v) is 7.47. The van der Waals surface area contributed by atoms with Crippen LogP contribution in [-0.2, 0) is 9.59 Å². The molecule has 2 aromatic carbocycles. The SMILES string of the molecule is CC(=O)Oc1ccc(-c2coc3cc(OC(C)=O)ccc3c2=O)cc1. The minimum absolute atomic E-state index is 0.212. The Morgan fingerprint density at radius 3 is 2.12 bits per heavy atom. The molecule has 0 saturated heterocycles. The van der Waals surface area contributed by atoms with E-state index in [1.807, 2.05) is 0 Å². The quantitative estimate of drug-likeness (QED) is 0.538. The fourth-order valence-corrected chi connectivity index (χ4v) is 2.41. The van der Waals surface area contributed by atoms with Gasteiger partial charge >= 0.3 is 11.9 Å². The Bertz CT molecular complexity index is 1010. The van der Waals surface area contributed by atoms with Crippen molar-refractivity contribution in [2.75, 3.05) is 0 Å². The van der Waals surface area contributed by atoms with Gasteiger partial charge in [0.05, 0.1) is 10.9 Å². The van der Waals surface area contributed by atoms with Crippen molar-refractivity contribution in [3.05, 3.63) is 59.0 Å². The average Bonchev–Trinajstić information content (AvgIpc) is 2.55. The molecule has 0 aliphatic heterocycles. The van der Waals surface area contributed by atoms with Gasteiger partial charge in [-0.05, 0) is 29.8 Å². The summed E-state index contributed by atoms with van der Waals surface area (Å²) in [6.07, 6.45) is 1.35. The van der Waals surface area contributed by atoms with E-state index >= 15 is 0 Å². The fraction of sp³-hybridized carbons (Fsp3) is 0.105. The number of fused-ring (bicyclic) bond motifs is 1. The summed E-state index contributed by atoms with van der Waals surface area (Å²) in [5, 5.41) is 0.373. The van der Waals surface area contributed by atoms with Gasteiger partial charge in [-0.15, -0.1) is 0 Å². The number of hydrogen-bond acceptors (Lipinski definition) is 6. The van der Waals surface area contributed by atoms with Gasteiger partial charge in [0.15, 0.2) is 5.43 Å². The molecule has 0 aliphatic rings. The number of hydrogen-bond donors (Lipinski definition) is 0. The van der Waals surface area contributed by atoms with Crippen molar-refractivity contribution in [1.29, 1.82) is 0 Å². The van der Waals surface area contributed by atoms with E-state index in [4.69, 9.17) is 13.9 Å². The standard InChI is InChI=1S/C19H14O6/c1-11(20)24-14-5-3-13(4-6-14)17-10-23-18-9-15(25-12(2)21)7-8-16(18)19(17)22/h3-10H,1-2H3. The van der Waals surface area contributed by atoms with Gasteiger partial charge in [-0.25, -0.2) is 0 Å². The van der Waals surface area contributed by atoms with Crippen molar-refractivity contribution in [3.63, 3.8) is 0 Å². The highest BCUT2D eigenvalue weighted by atomic mass is 16.5. The van der Waals surface area contributed by atoms with Crippen molar-refractivity contribution in [3.8, 4) is 22.6 Å². The number of esters is 2. The zero-order chi connectivity index (χ0) is 18.0. The lowest BCUT2D eigenvalue weighted by Crippen LogP contribution is -2.06. The lowest BCUT2D eigenvalue weighted by Gasteiger charge is -2.06. The molecule has 0 unspecified atom stereocenters. The van der Waals surface area contributed by atoms with Gasteiger partial charge in [0.1, 0.15) is 23.3 Å². The molecule has 6 nitrogen and oxygen atoms in total. The van der Waals surface area contributed by atoms with Crippen molar-refractivity contribution >= 4 is 22.9 Å². The Morgan fingerprint density at radius 1 is 0.880 bits per heavy atom. The minimum atomic E-state index is -0.453. The number of benzene rings is 2. The second-order valence-electron chi connectivity index (χ2n) is 5.35. The summed E-state index contributed by atoms with van der Waals surface area (Å²) in [6.45, 7) is 2.61. The molecular formula is C19H14O6. The van der Waals surface area contributed by atoms with Crippen LogP contribution in [-0.4, -0.2) is 11.9 Å². The Kier molecular flexibility index (Phi) is 4.35. The molecule has 3 rings (SSSR count). The maximum absolute atomic E-state index is 12.7. The highest BCUT2D eigenvalue weighted by Crippen LogP contribution is 2.24. The second-order valence-corrected chi connectivity index (χ2v) is 5.35. The molecule has 0 aliphatic carbocycles.